The SMILES string of the molecule is CCCSc1cc(Br)ccc1N(C)C. The summed E-state index contributed by atoms with van der Waals surface area (Å²) in [5.41, 5.74) is 1.30. The van der Waals surface area contributed by atoms with E-state index in [0.29, 0.717) is 0 Å². The van der Waals surface area contributed by atoms with E-state index in [-0.39, 0.29) is 0 Å². The molecule has 3 heteroatoms. The van der Waals surface area contributed by atoms with Crippen molar-refractivity contribution in [3.63, 3.8) is 0 Å². The van der Waals surface area contributed by atoms with Crippen molar-refractivity contribution in [3.05, 3.63) is 22.7 Å². The van der Waals surface area contributed by atoms with E-state index in [9.17, 15) is 0 Å². The Morgan fingerprint density at radius 1 is 1.36 bits per heavy atom. The van der Waals surface area contributed by atoms with Crippen molar-refractivity contribution in [2.45, 2.75) is 18.2 Å². The molecular weight excluding hydrogens is 258 g/mol. The van der Waals surface area contributed by atoms with E-state index in [1.54, 1.807) is 0 Å². The van der Waals surface area contributed by atoms with E-state index in [1.165, 1.54) is 22.8 Å². The van der Waals surface area contributed by atoms with Gasteiger partial charge in [-0.1, -0.05) is 22.9 Å². The molecule has 0 aliphatic carbocycles. The van der Waals surface area contributed by atoms with Crippen LogP contribution in [0.3, 0.4) is 0 Å². The van der Waals surface area contributed by atoms with E-state index in [1.807, 2.05) is 11.8 Å². The Bertz CT molecular complexity index is 299. The van der Waals surface area contributed by atoms with Crippen molar-refractivity contribution < 1.29 is 0 Å². The van der Waals surface area contributed by atoms with Gasteiger partial charge in [0.1, 0.15) is 0 Å². The first kappa shape index (κ1) is 11.9. The molecule has 0 radical (unpaired) electrons. The molecule has 0 saturated heterocycles. The Kier molecular flexibility index (Phi) is 4.82. The molecule has 0 aliphatic heterocycles. The Labute approximate surface area is 99.0 Å². The van der Waals surface area contributed by atoms with E-state index in [0.717, 1.165) is 4.47 Å². The maximum atomic E-state index is 3.51. The van der Waals surface area contributed by atoms with Crippen LogP contribution < -0.4 is 4.90 Å². The summed E-state index contributed by atoms with van der Waals surface area (Å²) >= 11 is 5.42. The average molecular weight is 274 g/mol. The third-order valence-corrected chi connectivity index (χ3v) is 3.61. The van der Waals surface area contributed by atoms with E-state index in [2.05, 4.69) is 60.0 Å². The molecule has 0 amide bonds. The number of hydrogen-bond acceptors (Lipinski definition) is 2. The van der Waals surface area contributed by atoms with Crippen molar-refractivity contribution in [2.24, 2.45) is 0 Å². The summed E-state index contributed by atoms with van der Waals surface area (Å²) in [6.45, 7) is 2.21. The maximum Gasteiger partial charge on any atom is 0.0499 e. The van der Waals surface area contributed by atoms with Gasteiger partial charge in [0.25, 0.3) is 0 Å². The summed E-state index contributed by atoms with van der Waals surface area (Å²) in [6, 6.07) is 6.43. The van der Waals surface area contributed by atoms with Crippen LogP contribution >= 0.6 is 27.7 Å². The second-order valence-electron chi connectivity index (χ2n) is 3.35. The van der Waals surface area contributed by atoms with Gasteiger partial charge in [-0.25, -0.2) is 0 Å². The van der Waals surface area contributed by atoms with Gasteiger partial charge < -0.3 is 4.90 Å². The minimum Gasteiger partial charge on any atom is -0.377 e. The second kappa shape index (κ2) is 5.66. The number of thioether (sulfide) groups is 1. The van der Waals surface area contributed by atoms with Crippen LogP contribution in [0.25, 0.3) is 0 Å². The fourth-order valence-electron chi connectivity index (χ4n) is 1.19. The van der Waals surface area contributed by atoms with Crippen LogP contribution in [0, 0.1) is 0 Å². The minimum atomic E-state index is 1.15. The molecule has 1 rings (SSSR count). The number of rotatable bonds is 4. The van der Waals surface area contributed by atoms with Gasteiger partial charge in [-0.15, -0.1) is 11.8 Å². The molecule has 0 bridgehead atoms. The van der Waals surface area contributed by atoms with Gasteiger partial charge >= 0.3 is 0 Å². The summed E-state index contributed by atoms with van der Waals surface area (Å²) in [4.78, 5) is 3.51. The Morgan fingerprint density at radius 3 is 2.64 bits per heavy atom. The van der Waals surface area contributed by atoms with Crippen LogP contribution in [0.4, 0.5) is 5.69 Å². The van der Waals surface area contributed by atoms with Gasteiger partial charge in [-0.05, 0) is 30.4 Å². The quantitative estimate of drug-likeness (QED) is 0.763. The van der Waals surface area contributed by atoms with Crippen molar-refractivity contribution in [3.8, 4) is 0 Å². The number of anilines is 1. The average Bonchev–Trinajstić information content (AvgIpc) is 2.14. The molecule has 1 nitrogen and oxygen atoms in total. The molecule has 0 heterocycles. The van der Waals surface area contributed by atoms with Crippen LogP contribution in [0.1, 0.15) is 13.3 Å². The molecule has 0 unspecified atom stereocenters. The molecule has 14 heavy (non-hydrogen) atoms. The Balaban J connectivity index is 2.91. The summed E-state index contributed by atoms with van der Waals surface area (Å²) in [7, 11) is 4.17. The molecule has 1 aromatic rings. The monoisotopic (exact) mass is 273 g/mol. The zero-order valence-corrected chi connectivity index (χ0v) is 11.3. The van der Waals surface area contributed by atoms with Gasteiger partial charge in [0, 0.05) is 29.2 Å². The first-order chi connectivity index (χ1) is 6.65. The predicted octanol–water partition coefficient (Wildman–Crippen LogP) is 4.02. The minimum absolute atomic E-state index is 1.15. The highest BCUT2D eigenvalue weighted by Gasteiger charge is 2.04. The smallest absolute Gasteiger partial charge is 0.0499 e. The van der Waals surface area contributed by atoms with Crippen LogP contribution in [0.5, 0.6) is 0 Å². The number of benzene rings is 1. The fourth-order valence-corrected chi connectivity index (χ4v) is 2.73. The van der Waals surface area contributed by atoms with Crippen LogP contribution in [0.2, 0.25) is 0 Å². The van der Waals surface area contributed by atoms with E-state index < -0.39 is 0 Å². The van der Waals surface area contributed by atoms with Crippen molar-refractivity contribution in [1.29, 1.82) is 0 Å². The lowest BCUT2D eigenvalue weighted by Crippen LogP contribution is -2.09. The van der Waals surface area contributed by atoms with Crippen molar-refractivity contribution >= 4 is 33.4 Å². The first-order valence-corrected chi connectivity index (χ1v) is 6.52. The van der Waals surface area contributed by atoms with Gasteiger partial charge in [0.2, 0.25) is 0 Å². The van der Waals surface area contributed by atoms with Crippen LogP contribution in [0.15, 0.2) is 27.6 Å². The summed E-state index contributed by atoms with van der Waals surface area (Å²) < 4.78 is 1.15. The first-order valence-electron chi connectivity index (χ1n) is 4.74. The largest absolute Gasteiger partial charge is 0.377 e. The predicted molar refractivity (Wildman–Crippen MR) is 69.5 cm³/mol. The molecule has 0 spiro atoms. The summed E-state index contributed by atoms with van der Waals surface area (Å²) in [5, 5.41) is 0. The molecule has 0 fully saturated rings. The third kappa shape index (κ3) is 3.21. The molecular formula is C11H16BrNS. The fraction of sp³-hybridized carbons (Fsp3) is 0.455. The zero-order valence-electron chi connectivity index (χ0n) is 8.88. The standard InChI is InChI=1S/C11H16BrNS/c1-4-7-14-11-8-9(12)5-6-10(11)13(2)3/h5-6,8H,4,7H2,1-3H3. The van der Waals surface area contributed by atoms with Gasteiger partial charge in [-0.3, -0.25) is 0 Å². The maximum absolute atomic E-state index is 3.51. The third-order valence-electron chi connectivity index (χ3n) is 1.87. The molecule has 0 saturated carbocycles. The van der Waals surface area contributed by atoms with Crippen LogP contribution in [-0.4, -0.2) is 19.8 Å². The normalized spacial score (nSPS) is 10.3. The van der Waals surface area contributed by atoms with Crippen molar-refractivity contribution in [1.82, 2.24) is 0 Å². The number of hydrogen-bond donors (Lipinski definition) is 0. The molecule has 1 aromatic carbocycles. The molecule has 0 aromatic heterocycles. The molecule has 78 valence electrons. The van der Waals surface area contributed by atoms with Crippen LogP contribution in [-0.2, 0) is 0 Å². The number of nitrogens with zero attached hydrogens (tertiary/aromatic N) is 1. The number of halogens is 1. The van der Waals surface area contributed by atoms with E-state index in [4.69, 9.17) is 0 Å². The van der Waals surface area contributed by atoms with Gasteiger partial charge in [0.15, 0.2) is 0 Å². The summed E-state index contributed by atoms with van der Waals surface area (Å²) in [5.74, 6) is 1.18. The second-order valence-corrected chi connectivity index (χ2v) is 5.41. The Hall–Kier alpha value is -0.150. The summed E-state index contributed by atoms with van der Waals surface area (Å²) in [6.07, 6.45) is 1.21. The molecule has 0 atom stereocenters. The lowest BCUT2D eigenvalue weighted by atomic mass is 10.3. The highest BCUT2D eigenvalue weighted by molar-refractivity contribution is 9.10. The Morgan fingerprint density at radius 2 is 2.07 bits per heavy atom. The topological polar surface area (TPSA) is 3.24 Å². The lowest BCUT2D eigenvalue weighted by Gasteiger charge is -2.17. The van der Waals surface area contributed by atoms with E-state index >= 15 is 0 Å². The highest BCUT2D eigenvalue weighted by Crippen LogP contribution is 2.32. The zero-order chi connectivity index (χ0) is 10.6. The molecule has 0 aliphatic rings. The van der Waals surface area contributed by atoms with Crippen molar-refractivity contribution in [2.75, 3.05) is 24.7 Å². The van der Waals surface area contributed by atoms with Gasteiger partial charge in [-0.2, -0.15) is 0 Å². The lowest BCUT2D eigenvalue weighted by molar-refractivity contribution is 1.08. The molecule has 0 N–H and O–H groups in total. The highest BCUT2D eigenvalue weighted by atomic mass is 79.9. The van der Waals surface area contributed by atoms with Gasteiger partial charge in [0.05, 0.1) is 0 Å².